The number of nitrogens with zero attached hydrogens (tertiary/aromatic N) is 5. The highest BCUT2D eigenvalue weighted by Gasteiger charge is 2.20. The van der Waals surface area contributed by atoms with Crippen molar-refractivity contribution in [3.63, 3.8) is 0 Å². The molecule has 29 heavy (non-hydrogen) atoms. The van der Waals surface area contributed by atoms with Gasteiger partial charge in [0, 0.05) is 18.8 Å². The van der Waals surface area contributed by atoms with E-state index in [1.165, 1.54) is 5.56 Å². The van der Waals surface area contributed by atoms with E-state index in [4.69, 9.17) is 5.73 Å². The van der Waals surface area contributed by atoms with E-state index in [1.54, 1.807) is 6.21 Å². The number of nitrogens with one attached hydrogen (secondary N) is 1. The number of aromatic nitrogens is 2. The monoisotopic (exact) mass is 391 g/mol. The fourth-order valence-corrected chi connectivity index (χ4v) is 2.78. The molecule has 1 heterocycles. The maximum absolute atomic E-state index is 11.1. The number of rotatable bonds is 8. The largest absolute Gasteiger partial charge is 0.378 e. The second-order valence-electron chi connectivity index (χ2n) is 6.17. The highest BCUT2D eigenvalue weighted by molar-refractivity contribution is 5.81. The molecule has 0 atom stereocenters. The van der Waals surface area contributed by atoms with Gasteiger partial charge in [-0.25, -0.2) is 9.97 Å². The molecule has 0 unspecified atom stereocenters. The maximum Gasteiger partial charge on any atom is 0.354 e. The fraction of sp³-hybridized carbons (Fsp3) is 0.150. The number of nitrogens with two attached hydrogens (primary N) is 1. The molecule has 0 aliphatic carbocycles. The third-order valence-corrected chi connectivity index (χ3v) is 4.27. The lowest BCUT2D eigenvalue weighted by atomic mass is 10.1. The number of nitro groups is 1. The first-order chi connectivity index (χ1) is 14.1. The fourth-order valence-electron chi connectivity index (χ4n) is 2.78. The molecular weight excluding hydrogens is 370 g/mol. The summed E-state index contributed by atoms with van der Waals surface area (Å²) in [4.78, 5) is 20.1. The number of anilines is 3. The van der Waals surface area contributed by atoms with Crippen molar-refractivity contribution in [2.75, 3.05) is 22.6 Å². The first kappa shape index (κ1) is 19.7. The van der Waals surface area contributed by atoms with Crippen LogP contribution in [0.3, 0.4) is 0 Å². The van der Waals surface area contributed by atoms with Gasteiger partial charge in [0.2, 0.25) is 11.6 Å². The van der Waals surface area contributed by atoms with Crippen LogP contribution in [0.2, 0.25) is 0 Å². The number of hydrogen-bond acceptors (Lipinski definition) is 8. The van der Waals surface area contributed by atoms with Crippen molar-refractivity contribution >= 4 is 29.2 Å². The van der Waals surface area contributed by atoms with Gasteiger partial charge in [-0.2, -0.15) is 5.10 Å². The Kier molecular flexibility index (Phi) is 6.31. The summed E-state index contributed by atoms with van der Waals surface area (Å²) in [6, 6.07) is 18.2. The van der Waals surface area contributed by atoms with Gasteiger partial charge in [-0.05, 0) is 30.2 Å². The summed E-state index contributed by atoms with van der Waals surface area (Å²) < 4.78 is 0. The molecule has 0 radical (unpaired) electrons. The second-order valence-corrected chi connectivity index (χ2v) is 6.17. The van der Waals surface area contributed by atoms with Crippen molar-refractivity contribution < 1.29 is 4.92 Å². The van der Waals surface area contributed by atoms with Crippen molar-refractivity contribution in [2.45, 2.75) is 13.5 Å². The Labute approximate surface area is 168 Å². The first-order valence-corrected chi connectivity index (χ1v) is 9.01. The van der Waals surface area contributed by atoms with E-state index < -0.39 is 10.6 Å². The number of benzene rings is 2. The number of nitrogen functional groups attached to an aromatic ring is 1. The third-order valence-electron chi connectivity index (χ3n) is 4.27. The van der Waals surface area contributed by atoms with Gasteiger partial charge in [-0.1, -0.05) is 42.5 Å². The second kappa shape index (κ2) is 9.27. The lowest BCUT2D eigenvalue weighted by molar-refractivity contribution is -0.383. The van der Waals surface area contributed by atoms with Gasteiger partial charge >= 0.3 is 5.69 Å². The van der Waals surface area contributed by atoms with Crippen LogP contribution in [0.15, 0.2) is 66.0 Å². The maximum atomic E-state index is 11.1. The minimum absolute atomic E-state index is 0.0598. The summed E-state index contributed by atoms with van der Waals surface area (Å²) in [5.41, 5.74) is 10.9. The summed E-state index contributed by atoms with van der Waals surface area (Å²) in [5.74, 6) is -0.277. The van der Waals surface area contributed by atoms with Crippen LogP contribution in [-0.4, -0.2) is 27.7 Å². The van der Waals surface area contributed by atoms with Gasteiger partial charge in [0.1, 0.15) is 6.33 Å². The third kappa shape index (κ3) is 5.04. The molecule has 0 spiro atoms. The van der Waals surface area contributed by atoms with E-state index >= 15 is 0 Å². The van der Waals surface area contributed by atoms with E-state index in [1.807, 2.05) is 42.5 Å². The van der Waals surface area contributed by atoms with Crippen molar-refractivity contribution in [2.24, 2.45) is 5.10 Å². The molecule has 2 aromatic carbocycles. The zero-order chi connectivity index (χ0) is 20.6. The SMILES string of the molecule is CCN(Cc1ccccc1)c1ccc(/C=N\Nc2ncnc(N)c2[N+](=O)[O-])cc1. The standard InChI is InChI=1S/C20H21N7O2/c1-2-26(13-16-6-4-3-5-7-16)17-10-8-15(9-11-17)12-24-25-20-18(27(28)29)19(21)22-14-23-20/h3-12,14H,2,13H2,1H3,(H3,21,22,23,25)/b24-12-. The summed E-state index contributed by atoms with van der Waals surface area (Å²) >= 11 is 0. The lowest BCUT2D eigenvalue weighted by Gasteiger charge is -2.23. The summed E-state index contributed by atoms with van der Waals surface area (Å²) in [7, 11) is 0. The van der Waals surface area contributed by atoms with Crippen LogP contribution < -0.4 is 16.1 Å². The predicted molar refractivity (Wildman–Crippen MR) is 114 cm³/mol. The van der Waals surface area contributed by atoms with Crippen molar-refractivity contribution in [1.29, 1.82) is 0 Å². The minimum Gasteiger partial charge on any atom is -0.378 e. The Balaban J connectivity index is 1.67. The zero-order valence-corrected chi connectivity index (χ0v) is 15.9. The smallest absolute Gasteiger partial charge is 0.354 e. The molecule has 3 aromatic rings. The predicted octanol–water partition coefficient (Wildman–Crippen LogP) is 3.44. The molecule has 148 valence electrons. The van der Waals surface area contributed by atoms with Gasteiger partial charge in [0.15, 0.2) is 0 Å². The highest BCUT2D eigenvalue weighted by atomic mass is 16.6. The lowest BCUT2D eigenvalue weighted by Crippen LogP contribution is -2.21. The molecule has 0 bridgehead atoms. The first-order valence-electron chi connectivity index (χ1n) is 9.01. The molecule has 0 aliphatic heterocycles. The van der Waals surface area contributed by atoms with E-state index in [0.29, 0.717) is 0 Å². The van der Waals surface area contributed by atoms with Crippen LogP contribution in [0, 0.1) is 10.1 Å². The van der Waals surface area contributed by atoms with Crippen molar-refractivity contribution in [1.82, 2.24) is 9.97 Å². The Morgan fingerprint density at radius 3 is 2.55 bits per heavy atom. The minimum atomic E-state index is -0.645. The van der Waals surface area contributed by atoms with Crippen molar-refractivity contribution in [3.8, 4) is 0 Å². The van der Waals surface area contributed by atoms with E-state index in [-0.39, 0.29) is 11.6 Å². The van der Waals surface area contributed by atoms with Crippen molar-refractivity contribution in [3.05, 3.63) is 82.2 Å². The van der Waals surface area contributed by atoms with Crippen LogP contribution in [0.5, 0.6) is 0 Å². The normalized spacial score (nSPS) is 10.8. The molecule has 9 heteroatoms. The van der Waals surface area contributed by atoms with Gasteiger partial charge in [0.05, 0.1) is 11.1 Å². The Morgan fingerprint density at radius 1 is 1.17 bits per heavy atom. The summed E-state index contributed by atoms with van der Waals surface area (Å²) in [6.07, 6.45) is 2.69. The van der Waals surface area contributed by atoms with Crippen LogP contribution in [-0.2, 0) is 6.54 Å². The highest BCUT2D eigenvalue weighted by Crippen LogP contribution is 2.26. The van der Waals surface area contributed by atoms with E-state index in [9.17, 15) is 10.1 Å². The summed E-state index contributed by atoms with van der Waals surface area (Å²) in [5, 5.41) is 15.1. The van der Waals surface area contributed by atoms with Gasteiger partial charge in [-0.15, -0.1) is 0 Å². The molecule has 0 saturated carbocycles. The quantitative estimate of drug-likeness (QED) is 0.342. The Hall–Kier alpha value is -4.01. The molecule has 3 rings (SSSR count). The molecule has 0 saturated heterocycles. The molecule has 0 aliphatic rings. The van der Waals surface area contributed by atoms with Gasteiger partial charge < -0.3 is 10.6 Å². The molecule has 0 fully saturated rings. The van der Waals surface area contributed by atoms with E-state index in [2.05, 4.69) is 44.5 Å². The average molecular weight is 391 g/mol. The Morgan fingerprint density at radius 2 is 1.90 bits per heavy atom. The topological polar surface area (TPSA) is 123 Å². The molecule has 9 nitrogen and oxygen atoms in total. The molecule has 3 N–H and O–H groups in total. The summed E-state index contributed by atoms with van der Waals surface area (Å²) in [6.45, 7) is 3.82. The van der Waals surface area contributed by atoms with Gasteiger partial charge in [-0.3, -0.25) is 15.5 Å². The molecular formula is C20H21N7O2. The zero-order valence-electron chi connectivity index (χ0n) is 15.9. The molecule has 0 amide bonds. The average Bonchev–Trinajstić information content (AvgIpc) is 2.73. The van der Waals surface area contributed by atoms with Crippen LogP contribution in [0.1, 0.15) is 18.1 Å². The molecule has 1 aromatic heterocycles. The van der Waals surface area contributed by atoms with Crippen LogP contribution in [0.25, 0.3) is 0 Å². The number of hydrogen-bond donors (Lipinski definition) is 2. The Bertz CT molecular complexity index is 991. The van der Waals surface area contributed by atoms with Gasteiger partial charge in [0.25, 0.3) is 0 Å². The van der Waals surface area contributed by atoms with Crippen LogP contribution >= 0.6 is 0 Å². The van der Waals surface area contributed by atoms with Crippen LogP contribution in [0.4, 0.5) is 23.0 Å². The van der Waals surface area contributed by atoms with E-state index in [0.717, 1.165) is 30.7 Å². The number of hydrazone groups is 1.